The second kappa shape index (κ2) is 6.31. The van der Waals surface area contributed by atoms with Gasteiger partial charge >= 0.3 is 0 Å². The number of rotatable bonds is 4. The molecule has 0 saturated heterocycles. The molecule has 0 aromatic heterocycles. The third kappa shape index (κ3) is 3.30. The van der Waals surface area contributed by atoms with E-state index in [2.05, 4.69) is 37.3 Å². The van der Waals surface area contributed by atoms with Crippen LogP contribution in [0, 0.1) is 11.3 Å². The van der Waals surface area contributed by atoms with Crippen molar-refractivity contribution in [2.45, 2.75) is 23.1 Å². The van der Waals surface area contributed by atoms with Crippen molar-refractivity contribution in [2.24, 2.45) is 0 Å². The summed E-state index contributed by atoms with van der Waals surface area (Å²) < 4.78 is 5.13. The number of aryl methyl sites for hydroxylation is 1. The van der Waals surface area contributed by atoms with Gasteiger partial charge in [0.15, 0.2) is 0 Å². The lowest BCUT2D eigenvalue weighted by molar-refractivity contribution is 0.414. The van der Waals surface area contributed by atoms with Gasteiger partial charge in [-0.05, 0) is 42.3 Å². The molecule has 3 heteroatoms. The Morgan fingerprint density at radius 3 is 2.47 bits per heavy atom. The Labute approximate surface area is 118 Å². The van der Waals surface area contributed by atoms with E-state index in [0.29, 0.717) is 11.3 Å². The van der Waals surface area contributed by atoms with E-state index in [-0.39, 0.29) is 0 Å². The molecule has 0 atom stereocenters. The van der Waals surface area contributed by atoms with E-state index < -0.39 is 0 Å². The van der Waals surface area contributed by atoms with Crippen LogP contribution in [0.15, 0.2) is 52.3 Å². The van der Waals surface area contributed by atoms with Crippen molar-refractivity contribution < 1.29 is 4.74 Å². The minimum atomic E-state index is 0.643. The highest BCUT2D eigenvalue weighted by molar-refractivity contribution is 7.99. The van der Waals surface area contributed by atoms with E-state index in [1.807, 2.05) is 12.1 Å². The molecule has 2 rings (SSSR count). The van der Waals surface area contributed by atoms with Gasteiger partial charge in [-0.3, -0.25) is 0 Å². The minimum Gasteiger partial charge on any atom is -0.497 e. The van der Waals surface area contributed by atoms with Crippen LogP contribution in [0.5, 0.6) is 5.75 Å². The summed E-state index contributed by atoms with van der Waals surface area (Å²) in [6.07, 6.45) is 1.04. The van der Waals surface area contributed by atoms with Crippen LogP contribution in [0.1, 0.15) is 18.1 Å². The molecule has 0 unspecified atom stereocenters. The zero-order chi connectivity index (χ0) is 13.7. The van der Waals surface area contributed by atoms with Gasteiger partial charge in [-0.1, -0.05) is 30.8 Å². The van der Waals surface area contributed by atoms with Gasteiger partial charge in [-0.25, -0.2) is 0 Å². The molecule has 0 radical (unpaired) electrons. The highest BCUT2D eigenvalue weighted by Crippen LogP contribution is 2.32. The zero-order valence-electron chi connectivity index (χ0n) is 11.0. The second-order valence-electron chi connectivity index (χ2n) is 4.07. The Kier molecular flexibility index (Phi) is 4.48. The van der Waals surface area contributed by atoms with Gasteiger partial charge in [0.25, 0.3) is 0 Å². The fourth-order valence-electron chi connectivity index (χ4n) is 1.73. The van der Waals surface area contributed by atoms with Crippen LogP contribution in [0.3, 0.4) is 0 Å². The van der Waals surface area contributed by atoms with Crippen LogP contribution in [-0.2, 0) is 6.42 Å². The van der Waals surface area contributed by atoms with E-state index in [9.17, 15) is 5.26 Å². The minimum absolute atomic E-state index is 0.643. The van der Waals surface area contributed by atoms with E-state index in [4.69, 9.17) is 4.74 Å². The molecule has 2 aromatic rings. The van der Waals surface area contributed by atoms with Gasteiger partial charge in [0.05, 0.1) is 12.7 Å². The van der Waals surface area contributed by atoms with Crippen molar-refractivity contribution in [1.82, 2.24) is 0 Å². The van der Waals surface area contributed by atoms with Crippen molar-refractivity contribution in [1.29, 1.82) is 5.26 Å². The predicted octanol–water partition coefficient (Wildman–Crippen LogP) is 4.28. The van der Waals surface area contributed by atoms with Gasteiger partial charge < -0.3 is 4.74 Å². The van der Waals surface area contributed by atoms with Crippen LogP contribution in [0.25, 0.3) is 0 Å². The normalized spacial score (nSPS) is 9.95. The molecule has 0 aliphatic carbocycles. The van der Waals surface area contributed by atoms with Crippen molar-refractivity contribution in [3.63, 3.8) is 0 Å². The SMILES string of the molecule is CCc1ccc(Sc2ccc(OC)cc2C#N)cc1. The lowest BCUT2D eigenvalue weighted by Gasteiger charge is -2.06. The first kappa shape index (κ1) is 13.5. The molecule has 0 saturated carbocycles. The summed E-state index contributed by atoms with van der Waals surface area (Å²) in [6.45, 7) is 2.14. The number of ether oxygens (including phenoxy) is 1. The number of benzene rings is 2. The van der Waals surface area contributed by atoms with Crippen molar-refractivity contribution in [3.05, 3.63) is 53.6 Å². The lowest BCUT2D eigenvalue weighted by Crippen LogP contribution is -1.87. The summed E-state index contributed by atoms with van der Waals surface area (Å²) >= 11 is 1.60. The highest BCUT2D eigenvalue weighted by Gasteiger charge is 2.06. The average Bonchev–Trinajstić information content (AvgIpc) is 2.48. The molecule has 2 aromatic carbocycles. The number of methoxy groups -OCH3 is 1. The van der Waals surface area contributed by atoms with Crippen LogP contribution < -0.4 is 4.74 Å². The van der Waals surface area contributed by atoms with Gasteiger partial charge in [-0.15, -0.1) is 0 Å². The van der Waals surface area contributed by atoms with Gasteiger partial charge in [0.1, 0.15) is 11.8 Å². The van der Waals surface area contributed by atoms with Crippen molar-refractivity contribution in [3.8, 4) is 11.8 Å². The molecule has 0 fully saturated rings. The monoisotopic (exact) mass is 269 g/mol. The van der Waals surface area contributed by atoms with Gasteiger partial charge in [0, 0.05) is 9.79 Å². The summed E-state index contributed by atoms with van der Waals surface area (Å²) in [5.74, 6) is 0.710. The fraction of sp³-hybridized carbons (Fsp3) is 0.188. The quantitative estimate of drug-likeness (QED) is 0.830. The van der Waals surface area contributed by atoms with Crippen molar-refractivity contribution >= 4 is 11.8 Å². The molecule has 96 valence electrons. The first-order chi connectivity index (χ1) is 9.26. The van der Waals surface area contributed by atoms with Crippen LogP contribution >= 0.6 is 11.8 Å². The zero-order valence-corrected chi connectivity index (χ0v) is 11.8. The Bertz CT molecular complexity index is 599. The molecule has 19 heavy (non-hydrogen) atoms. The van der Waals surface area contributed by atoms with Crippen LogP contribution in [-0.4, -0.2) is 7.11 Å². The van der Waals surface area contributed by atoms with Crippen LogP contribution in [0.2, 0.25) is 0 Å². The first-order valence-corrected chi connectivity index (χ1v) is 6.93. The molecular formula is C16H15NOS. The maximum Gasteiger partial charge on any atom is 0.120 e. The predicted molar refractivity (Wildman–Crippen MR) is 77.7 cm³/mol. The molecule has 0 amide bonds. The molecule has 0 aliphatic heterocycles. The smallest absolute Gasteiger partial charge is 0.120 e. The number of nitriles is 1. The molecule has 0 N–H and O–H groups in total. The van der Waals surface area contributed by atoms with Crippen LogP contribution in [0.4, 0.5) is 0 Å². The number of hydrogen-bond donors (Lipinski definition) is 0. The Balaban J connectivity index is 2.25. The summed E-state index contributed by atoms with van der Waals surface area (Å²) in [6, 6.07) is 16.2. The molecule has 0 heterocycles. The maximum atomic E-state index is 9.18. The average molecular weight is 269 g/mol. The van der Waals surface area contributed by atoms with E-state index in [1.165, 1.54) is 5.56 Å². The Morgan fingerprint density at radius 1 is 1.16 bits per heavy atom. The molecule has 0 aliphatic rings. The third-order valence-electron chi connectivity index (χ3n) is 2.87. The van der Waals surface area contributed by atoms with Crippen molar-refractivity contribution in [2.75, 3.05) is 7.11 Å². The maximum absolute atomic E-state index is 9.18. The largest absolute Gasteiger partial charge is 0.497 e. The van der Waals surface area contributed by atoms with E-state index in [0.717, 1.165) is 16.2 Å². The Hall–Kier alpha value is -1.92. The van der Waals surface area contributed by atoms with E-state index in [1.54, 1.807) is 24.9 Å². The second-order valence-corrected chi connectivity index (χ2v) is 5.19. The summed E-state index contributed by atoms with van der Waals surface area (Å²) in [4.78, 5) is 2.09. The highest BCUT2D eigenvalue weighted by atomic mass is 32.2. The molecule has 2 nitrogen and oxygen atoms in total. The van der Waals surface area contributed by atoms with Gasteiger partial charge in [0.2, 0.25) is 0 Å². The first-order valence-electron chi connectivity index (χ1n) is 6.11. The molecule has 0 bridgehead atoms. The Morgan fingerprint density at radius 2 is 1.89 bits per heavy atom. The molecule has 0 spiro atoms. The topological polar surface area (TPSA) is 33.0 Å². The summed E-state index contributed by atoms with van der Waals surface area (Å²) in [5.41, 5.74) is 1.96. The summed E-state index contributed by atoms with van der Waals surface area (Å²) in [5, 5.41) is 9.18. The molecular weight excluding hydrogens is 254 g/mol. The van der Waals surface area contributed by atoms with Gasteiger partial charge in [-0.2, -0.15) is 5.26 Å². The number of hydrogen-bond acceptors (Lipinski definition) is 3. The van der Waals surface area contributed by atoms with E-state index >= 15 is 0 Å². The standard InChI is InChI=1S/C16H15NOS/c1-3-12-4-7-15(8-5-12)19-16-9-6-14(18-2)10-13(16)11-17/h4-10H,3H2,1-2H3. The lowest BCUT2D eigenvalue weighted by atomic mass is 10.2. The third-order valence-corrected chi connectivity index (χ3v) is 3.95. The fourth-order valence-corrected chi connectivity index (χ4v) is 2.61. The number of nitrogens with zero attached hydrogens (tertiary/aromatic N) is 1. The summed E-state index contributed by atoms with van der Waals surface area (Å²) in [7, 11) is 1.60.